The third-order valence-corrected chi connectivity index (χ3v) is 6.65. The zero-order valence-electron chi connectivity index (χ0n) is 15.8. The van der Waals surface area contributed by atoms with Gasteiger partial charge < -0.3 is 11.1 Å². The smallest absolute Gasteiger partial charge is 0.164 e. The zero-order valence-corrected chi connectivity index (χ0v) is 16.6. The number of nitrogens with one attached hydrogen (secondary N) is 1. The summed E-state index contributed by atoms with van der Waals surface area (Å²) in [6.07, 6.45) is 3.24. The number of rotatable bonds is 4. The molecule has 3 atom stereocenters. The Morgan fingerprint density at radius 3 is 2.87 bits per heavy atom. The van der Waals surface area contributed by atoms with Gasteiger partial charge in [0, 0.05) is 34.7 Å². The first-order chi connectivity index (χ1) is 14.9. The number of thioether (sulfide) groups is 1. The molecule has 11 heteroatoms. The van der Waals surface area contributed by atoms with Crippen LogP contribution in [0.15, 0.2) is 35.7 Å². The molecule has 0 spiro atoms. The van der Waals surface area contributed by atoms with E-state index in [1.165, 1.54) is 36.4 Å². The summed E-state index contributed by atoms with van der Waals surface area (Å²) in [5, 5.41) is 12.1. The Kier molecular flexibility index (Phi) is 4.48. The van der Waals surface area contributed by atoms with Crippen molar-refractivity contribution in [2.24, 2.45) is 16.6 Å². The molecule has 7 nitrogen and oxygen atoms in total. The molecule has 0 bridgehead atoms. The van der Waals surface area contributed by atoms with Crippen molar-refractivity contribution in [3.8, 4) is 6.07 Å². The topological polar surface area (TPSA) is 113 Å². The van der Waals surface area contributed by atoms with Gasteiger partial charge in [0.25, 0.3) is 0 Å². The number of alkyl halides is 1. The number of nitrogens with zero attached hydrogens (tertiary/aromatic N) is 5. The van der Waals surface area contributed by atoms with Crippen molar-refractivity contribution in [1.29, 1.82) is 5.26 Å². The Morgan fingerprint density at radius 1 is 1.26 bits per heavy atom. The molecule has 3 N–H and O–H groups in total. The van der Waals surface area contributed by atoms with Crippen LogP contribution in [-0.2, 0) is 5.54 Å². The number of aromatic nitrogens is 3. The van der Waals surface area contributed by atoms with E-state index in [1.54, 1.807) is 0 Å². The molecule has 0 unspecified atom stereocenters. The Labute approximate surface area is 178 Å². The lowest BCUT2D eigenvalue weighted by Gasteiger charge is -2.31. The fourth-order valence-corrected chi connectivity index (χ4v) is 5.15. The largest absolute Gasteiger partial charge is 0.379 e. The van der Waals surface area contributed by atoms with Gasteiger partial charge in [0.2, 0.25) is 0 Å². The minimum atomic E-state index is -1.56. The summed E-state index contributed by atoms with van der Waals surface area (Å²) >= 11 is 1.33. The van der Waals surface area contributed by atoms with Gasteiger partial charge in [0.05, 0.1) is 11.1 Å². The van der Waals surface area contributed by atoms with Crippen molar-refractivity contribution in [2.75, 3.05) is 12.0 Å². The molecule has 0 amide bonds. The van der Waals surface area contributed by atoms with Gasteiger partial charge >= 0.3 is 0 Å². The average Bonchev–Trinajstić information content (AvgIpc) is 3.55. The molecule has 2 aliphatic rings. The van der Waals surface area contributed by atoms with Crippen molar-refractivity contribution in [3.05, 3.63) is 53.5 Å². The second-order valence-corrected chi connectivity index (χ2v) is 8.64. The molecule has 1 aliphatic carbocycles. The van der Waals surface area contributed by atoms with Gasteiger partial charge in [-0.25, -0.2) is 33.1 Å². The van der Waals surface area contributed by atoms with Gasteiger partial charge in [-0.15, -0.1) is 0 Å². The van der Waals surface area contributed by atoms with Crippen LogP contribution in [0.2, 0.25) is 0 Å². The predicted molar refractivity (Wildman–Crippen MR) is 110 cm³/mol. The fourth-order valence-electron chi connectivity index (χ4n) is 3.94. The van der Waals surface area contributed by atoms with E-state index in [2.05, 4.69) is 25.3 Å². The first-order valence-electron chi connectivity index (χ1n) is 9.30. The highest BCUT2D eigenvalue weighted by Gasteiger charge is 2.58. The van der Waals surface area contributed by atoms with E-state index < -0.39 is 23.8 Å². The lowest BCUT2D eigenvalue weighted by Crippen LogP contribution is -2.37. The van der Waals surface area contributed by atoms with E-state index in [0.717, 1.165) is 6.07 Å². The van der Waals surface area contributed by atoms with Crippen LogP contribution in [0, 0.1) is 28.9 Å². The third-order valence-electron chi connectivity index (χ3n) is 5.49. The molecular weight excluding hydrogens is 427 g/mol. The number of pyridine rings is 1. The van der Waals surface area contributed by atoms with E-state index >= 15 is 0 Å². The molecule has 3 aromatic rings. The normalized spacial score (nSPS) is 24.3. The lowest BCUT2D eigenvalue weighted by atomic mass is 9.85. The Hall–Kier alpha value is -3.39. The summed E-state index contributed by atoms with van der Waals surface area (Å²) < 4.78 is 43.7. The zero-order chi connectivity index (χ0) is 21.8. The monoisotopic (exact) mass is 441 g/mol. The van der Waals surface area contributed by atoms with Gasteiger partial charge in [-0.2, -0.15) is 5.26 Å². The number of halogens is 3. The van der Waals surface area contributed by atoms with Crippen LogP contribution >= 0.6 is 11.8 Å². The number of amidine groups is 1. The van der Waals surface area contributed by atoms with E-state index in [4.69, 9.17) is 11.0 Å². The van der Waals surface area contributed by atoms with Gasteiger partial charge in [-0.1, -0.05) is 11.8 Å². The molecule has 1 aliphatic heterocycles. The minimum Gasteiger partial charge on any atom is -0.379 e. The van der Waals surface area contributed by atoms with Crippen LogP contribution in [0.4, 0.5) is 24.7 Å². The fraction of sp³-hybridized carbons (Fsp3) is 0.250. The highest BCUT2D eigenvalue weighted by Crippen LogP contribution is 2.58. The first-order valence-corrected chi connectivity index (χ1v) is 10.2. The van der Waals surface area contributed by atoms with Crippen molar-refractivity contribution >= 4 is 39.5 Å². The average molecular weight is 441 g/mol. The van der Waals surface area contributed by atoms with Crippen LogP contribution in [0.25, 0.3) is 11.0 Å². The molecule has 31 heavy (non-hydrogen) atoms. The van der Waals surface area contributed by atoms with E-state index in [0.29, 0.717) is 23.0 Å². The Bertz CT molecular complexity index is 1290. The second-order valence-electron chi connectivity index (χ2n) is 7.38. The van der Waals surface area contributed by atoms with Crippen LogP contribution in [-0.4, -0.2) is 32.0 Å². The summed E-state index contributed by atoms with van der Waals surface area (Å²) in [6, 6.07) is 5.80. The first kappa shape index (κ1) is 19.6. The summed E-state index contributed by atoms with van der Waals surface area (Å²) in [4.78, 5) is 16.6. The maximum Gasteiger partial charge on any atom is 0.164 e. The SMILES string of the molecule is N#Cc1cnc2c(Nc3cc(F)c(F)c([C@@]4(CF)N=C(N)S[C@H]5C[C@H]54)c3)ncnc2c1. The summed E-state index contributed by atoms with van der Waals surface area (Å²) in [6.45, 7) is -0.996. The molecule has 2 aromatic heterocycles. The van der Waals surface area contributed by atoms with Gasteiger partial charge in [-0.3, -0.25) is 0 Å². The molecular formula is C20H14F3N7S. The van der Waals surface area contributed by atoms with Crippen LogP contribution in [0.5, 0.6) is 0 Å². The van der Waals surface area contributed by atoms with Crippen LogP contribution in [0.1, 0.15) is 17.5 Å². The van der Waals surface area contributed by atoms with Crippen molar-refractivity contribution < 1.29 is 13.2 Å². The van der Waals surface area contributed by atoms with E-state index in [-0.39, 0.29) is 33.4 Å². The summed E-state index contributed by atoms with van der Waals surface area (Å²) in [5.41, 5.74) is 5.31. The minimum absolute atomic E-state index is 0.0386. The third kappa shape index (κ3) is 3.14. The molecule has 0 saturated heterocycles. The molecule has 156 valence electrons. The van der Waals surface area contributed by atoms with E-state index in [9.17, 15) is 13.2 Å². The van der Waals surface area contributed by atoms with Gasteiger partial charge in [-0.05, 0) is 18.6 Å². The molecule has 3 heterocycles. The van der Waals surface area contributed by atoms with Crippen LogP contribution in [0.3, 0.4) is 0 Å². The molecule has 1 saturated carbocycles. The molecule has 1 aromatic carbocycles. The highest BCUT2D eigenvalue weighted by molar-refractivity contribution is 8.14. The molecule has 0 radical (unpaired) electrons. The summed E-state index contributed by atoms with van der Waals surface area (Å²) in [7, 11) is 0. The second kappa shape index (κ2) is 7.09. The van der Waals surface area contributed by atoms with Gasteiger partial charge in [0.15, 0.2) is 22.6 Å². The maximum absolute atomic E-state index is 14.8. The number of hydrogen-bond acceptors (Lipinski definition) is 8. The lowest BCUT2D eigenvalue weighted by molar-refractivity contribution is 0.269. The number of anilines is 2. The van der Waals surface area contributed by atoms with Gasteiger partial charge in [0.1, 0.15) is 30.1 Å². The predicted octanol–water partition coefficient (Wildman–Crippen LogP) is 3.53. The number of nitriles is 1. The Balaban J connectivity index is 1.60. The number of aliphatic imine (C=N–C) groups is 1. The number of benzene rings is 1. The highest BCUT2D eigenvalue weighted by atomic mass is 32.2. The molecule has 5 rings (SSSR count). The number of hydrogen-bond donors (Lipinski definition) is 2. The summed E-state index contributed by atoms with van der Waals surface area (Å²) in [5.74, 6) is -2.33. The van der Waals surface area contributed by atoms with Crippen molar-refractivity contribution in [3.63, 3.8) is 0 Å². The van der Waals surface area contributed by atoms with Crippen LogP contribution < -0.4 is 11.1 Å². The van der Waals surface area contributed by atoms with Crippen molar-refractivity contribution in [1.82, 2.24) is 15.0 Å². The quantitative estimate of drug-likeness (QED) is 0.637. The molecule has 1 fully saturated rings. The maximum atomic E-state index is 14.8. The number of nitrogens with two attached hydrogens (primary N) is 1. The van der Waals surface area contributed by atoms with Crippen molar-refractivity contribution in [2.45, 2.75) is 17.2 Å². The van der Waals surface area contributed by atoms with E-state index in [1.807, 2.05) is 6.07 Å². The Morgan fingerprint density at radius 2 is 2.10 bits per heavy atom. The number of fused-ring (bicyclic) bond motifs is 2. The standard InChI is InChI=1S/C20H14F3N7S/c21-7-20(11-4-15(11)31-19(25)30-20)12-2-10(3-13(22)16(12)23)29-18-17-14(27-8-28-18)1-9(5-24)6-26-17/h1-3,6,8,11,15H,4,7H2,(H2,25,30)(H,27,28,29)/t11-,15+,20+/m1/s1.